The van der Waals surface area contributed by atoms with Gasteiger partial charge in [-0.1, -0.05) is 103 Å². The molecule has 0 radical (unpaired) electrons. The van der Waals surface area contributed by atoms with Crippen molar-refractivity contribution >= 4 is 5.84 Å². The van der Waals surface area contributed by atoms with Crippen molar-refractivity contribution in [3.05, 3.63) is 145 Å². The molecule has 0 aliphatic heterocycles. The van der Waals surface area contributed by atoms with E-state index in [0.717, 1.165) is 33.9 Å². The van der Waals surface area contributed by atoms with Gasteiger partial charge in [-0.25, -0.2) is 0 Å². The second-order valence-electron chi connectivity index (χ2n) is 9.40. The summed E-state index contributed by atoms with van der Waals surface area (Å²) >= 11 is 0. The van der Waals surface area contributed by atoms with E-state index < -0.39 is 0 Å². The Hall–Kier alpha value is -3.92. The fraction of sp³-hybridized carbons (Fsp3) is 0.171. The molecule has 0 atom stereocenters. The molecule has 4 nitrogen and oxygen atoms in total. The van der Waals surface area contributed by atoms with Gasteiger partial charge in [0.25, 0.3) is 0 Å². The third-order valence-electron chi connectivity index (χ3n) is 5.33. The first-order valence-corrected chi connectivity index (χ1v) is 13.4. The maximum absolute atomic E-state index is 4.59. The van der Waals surface area contributed by atoms with E-state index in [9.17, 15) is 0 Å². The van der Waals surface area contributed by atoms with Gasteiger partial charge >= 0.3 is 20.1 Å². The van der Waals surface area contributed by atoms with Crippen LogP contribution in [0.4, 0.5) is 0 Å². The molecule has 40 heavy (non-hydrogen) atoms. The molecule has 0 aliphatic carbocycles. The molecule has 0 fully saturated rings. The zero-order valence-electron chi connectivity index (χ0n) is 23.6. The molecular formula is C35H38IrN4+3. The Bertz CT molecular complexity index is 1190. The van der Waals surface area contributed by atoms with E-state index in [4.69, 9.17) is 0 Å². The van der Waals surface area contributed by atoms with Crippen LogP contribution in [0.1, 0.15) is 33.3 Å². The second-order valence-corrected chi connectivity index (χ2v) is 9.40. The molecule has 0 aliphatic rings. The van der Waals surface area contributed by atoms with Crippen LogP contribution in [-0.2, 0) is 20.1 Å². The van der Waals surface area contributed by atoms with Crippen LogP contribution in [0.3, 0.4) is 0 Å². The zero-order valence-corrected chi connectivity index (χ0v) is 26.0. The minimum absolute atomic E-state index is 0. The normalized spacial score (nSPS) is 10.4. The largest absolute Gasteiger partial charge is 3.00 e. The topological polar surface area (TPSA) is 50.2 Å². The van der Waals surface area contributed by atoms with Crippen molar-refractivity contribution in [2.45, 2.75) is 39.8 Å². The van der Waals surface area contributed by atoms with E-state index in [1.807, 2.05) is 103 Å². The number of amidine groups is 1. The quantitative estimate of drug-likeness (QED) is 0.148. The Morgan fingerprint density at radius 2 is 0.950 bits per heavy atom. The van der Waals surface area contributed by atoms with Gasteiger partial charge in [0.05, 0.1) is 11.4 Å². The molecule has 5 rings (SSSR count). The van der Waals surface area contributed by atoms with E-state index >= 15 is 0 Å². The molecule has 5 heteroatoms. The summed E-state index contributed by atoms with van der Waals surface area (Å²) in [6.45, 7) is 8.42. The summed E-state index contributed by atoms with van der Waals surface area (Å²) in [7, 11) is 0. The van der Waals surface area contributed by atoms with Gasteiger partial charge in [-0.05, 0) is 52.0 Å². The molecule has 0 unspecified atom stereocenters. The van der Waals surface area contributed by atoms with Crippen LogP contribution >= 0.6 is 0 Å². The fourth-order valence-corrected chi connectivity index (χ4v) is 3.61. The van der Waals surface area contributed by atoms with Crippen molar-refractivity contribution < 1.29 is 20.1 Å². The predicted octanol–water partition coefficient (Wildman–Crippen LogP) is 8.33. The van der Waals surface area contributed by atoms with Gasteiger partial charge in [0, 0.05) is 41.2 Å². The summed E-state index contributed by atoms with van der Waals surface area (Å²) < 4.78 is 0. The summed E-state index contributed by atoms with van der Waals surface area (Å²) in [4.78, 5) is 13.1. The first kappa shape index (κ1) is 32.3. The van der Waals surface area contributed by atoms with Gasteiger partial charge in [-0.15, -0.1) is 0 Å². The number of aliphatic imine (C=N–C) groups is 1. The average Bonchev–Trinajstić information content (AvgIpc) is 2.99. The van der Waals surface area contributed by atoms with Gasteiger partial charge in [-0.2, -0.15) is 0 Å². The molecule has 2 heterocycles. The van der Waals surface area contributed by atoms with Crippen LogP contribution in [0.5, 0.6) is 0 Å². The third kappa shape index (κ3) is 11.9. The predicted molar refractivity (Wildman–Crippen MR) is 166 cm³/mol. The van der Waals surface area contributed by atoms with E-state index in [2.05, 4.69) is 84.4 Å². The van der Waals surface area contributed by atoms with Crippen molar-refractivity contribution in [2.75, 3.05) is 0 Å². The van der Waals surface area contributed by atoms with E-state index in [1.54, 1.807) is 0 Å². The van der Waals surface area contributed by atoms with E-state index in [0.29, 0.717) is 12.1 Å². The summed E-state index contributed by atoms with van der Waals surface area (Å²) in [6.07, 6.45) is 3.62. The summed E-state index contributed by atoms with van der Waals surface area (Å²) in [5, 5.41) is 3.38. The second kappa shape index (κ2) is 18.4. The average molecular weight is 707 g/mol. The Morgan fingerprint density at radius 1 is 0.550 bits per heavy atom. The van der Waals surface area contributed by atoms with Crippen molar-refractivity contribution in [1.82, 2.24) is 15.3 Å². The van der Waals surface area contributed by atoms with Gasteiger partial charge in [-0.3, -0.25) is 15.0 Å². The standard InChI is InChI=1S/C13H20N2.2C11H9N.Ir/c1-10(2)14-13(15-11(3)4)12-8-6-5-7-9-12;2*1-2-6-10(7-3-1)11-8-4-5-9-12-11;/h5-11H,1-4H3,(H,14,15);2*1-9H;/q;;;+3. The van der Waals surface area contributed by atoms with Crippen LogP contribution in [0.15, 0.2) is 145 Å². The van der Waals surface area contributed by atoms with Gasteiger partial charge in [0.1, 0.15) is 5.84 Å². The summed E-state index contributed by atoms with van der Waals surface area (Å²) in [6, 6.07) is 43.1. The molecule has 1 N–H and O–H groups in total. The number of hydrogen-bond acceptors (Lipinski definition) is 3. The number of nitrogens with zero attached hydrogens (tertiary/aromatic N) is 3. The number of rotatable bonds is 5. The number of benzene rings is 3. The first-order chi connectivity index (χ1) is 19.0. The van der Waals surface area contributed by atoms with Gasteiger partial charge < -0.3 is 5.32 Å². The molecule has 0 spiro atoms. The maximum atomic E-state index is 4.59. The van der Waals surface area contributed by atoms with Crippen molar-refractivity contribution in [2.24, 2.45) is 4.99 Å². The number of hydrogen-bond donors (Lipinski definition) is 1. The van der Waals surface area contributed by atoms with Gasteiger partial charge in [0.15, 0.2) is 0 Å². The SMILES string of the molecule is CC(C)N=C(NC(C)C)c1ccccc1.[Ir+3].c1ccc(-c2ccccn2)cc1.c1ccc(-c2ccccn2)cc1. The van der Waals surface area contributed by atoms with Crippen molar-refractivity contribution in [3.63, 3.8) is 0 Å². The van der Waals surface area contributed by atoms with E-state index in [-0.39, 0.29) is 20.1 Å². The Balaban J connectivity index is 0.000000209. The van der Waals surface area contributed by atoms with Crippen molar-refractivity contribution in [3.8, 4) is 22.5 Å². The van der Waals surface area contributed by atoms with E-state index in [1.165, 1.54) is 0 Å². The smallest absolute Gasteiger partial charge is 0.368 e. The van der Waals surface area contributed by atoms with Crippen LogP contribution in [0.25, 0.3) is 22.5 Å². The first-order valence-electron chi connectivity index (χ1n) is 13.4. The van der Waals surface area contributed by atoms with Gasteiger partial charge in [0.2, 0.25) is 0 Å². The fourth-order valence-electron chi connectivity index (χ4n) is 3.61. The van der Waals surface area contributed by atoms with Crippen LogP contribution in [0, 0.1) is 0 Å². The Morgan fingerprint density at radius 3 is 1.30 bits per heavy atom. The zero-order chi connectivity index (χ0) is 27.7. The molecule has 204 valence electrons. The van der Waals surface area contributed by atoms with Crippen LogP contribution in [0.2, 0.25) is 0 Å². The molecule has 2 aromatic heterocycles. The summed E-state index contributed by atoms with van der Waals surface area (Å²) in [5.41, 5.74) is 5.53. The summed E-state index contributed by atoms with van der Waals surface area (Å²) in [5.74, 6) is 0.987. The molecule has 5 aromatic rings. The molecule has 3 aromatic carbocycles. The molecular weight excluding hydrogens is 669 g/mol. The minimum atomic E-state index is 0. The van der Waals surface area contributed by atoms with Crippen LogP contribution < -0.4 is 5.32 Å². The minimum Gasteiger partial charge on any atom is -0.368 e. The molecule has 0 bridgehead atoms. The third-order valence-corrected chi connectivity index (χ3v) is 5.33. The molecule has 0 saturated carbocycles. The number of nitrogens with one attached hydrogen (secondary N) is 1. The van der Waals surface area contributed by atoms with Crippen LogP contribution in [-0.4, -0.2) is 27.9 Å². The monoisotopic (exact) mass is 707 g/mol. The molecule has 0 amide bonds. The molecule has 0 saturated heterocycles. The Kier molecular flexibility index (Phi) is 14.8. The maximum Gasteiger partial charge on any atom is 3.00 e. The number of pyridine rings is 2. The van der Waals surface area contributed by atoms with Crippen molar-refractivity contribution in [1.29, 1.82) is 0 Å². The number of aromatic nitrogens is 2. The Labute approximate surface area is 253 Å².